The van der Waals surface area contributed by atoms with Crippen molar-refractivity contribution in [3.63, 3.8) is 0 Å². The molecule has 3 aromatic rings. The number of halogens is 2. The second-order valence-electron chi connectivity index (χ2n) is 7.54. The molecule has 0 radical (unpaired) electrons. The van der Waals surface area contributed by atoms with Crippen molar-refractivity contribution in [2.24, 2.45) is 0 Å². The normalized spacial score (nSPS) is 11.0. The van der Waals surface area contributed by atoms with Crippen LogP contribution in [0.15, 0.2) is 64.6 Å². The first-order valence-electron chi connectivity index (χ1n) is 10.6. The van der Waals surface area contributed by atoms with Crippen LogP contribution in [0.2, 0.25) is 0 Å². The molecule has 5 nitrogen and oxygen atoms in total. The summed E-state index contributed by atoms with van der Waals surface area (Å²) >= 11 is 5.80. The fourth-order valence-corrected chi connectivity index (χ4v) is 3.96. The summed E-state index contributed by atoms with van der Waals surface area (Å²) in [6.45, 7) is 6.63. The van der Waals surface area contributed by atoms with Gasteiger partial charge in [0.25, 0.3) is 5.91 Å². The van der Waals surface area contributed by atoms with E-state index in [2.05, 4.69) is 43.8 Å². The van der Waals surface area contributed by atoms with E-state index in [1.165, 1.54) is 6.08 Å². The average molecular weight is 631 g/mol. The molecule has 1 N–H and O–H groups in total. The number of rotatable bonds is 8. The van der Waals surface area contributed by atoms with Gasteiger partial charge in [-0.15, -0.1) is 0 Å². The number of amides is 1. The molecular weight excluding hydrogens is 607 g/mol. The maximum absolute atomic E-state index is 12.8. The standard InChI is InChI=1S/C27H24BrIN2O3/c1-4-33-25-13-20(23(28)14-26(25)34-16-19-8-10-22(29)11-9-19)12-21(15-30)27(32)31-24-7-5-6-17(2)18(24)3/h5-14H,4,16H2,1-3H3,(H,31,32)/b21-12+. The highest BCUT2D eigenvalue weighted by molar-refractivity contribution is 14.1. The third kappa shape index (κ3) is 6.61. The van der Waals surface area contributed by atoms with Crippen LogP contribution in [-0.4, -0.2) is 12.5 Å². The van der Waals surface area contributed by atoms with E-state index in [1.807, 2.05) is 69.3 Å². The van der Waals surface area contributed by atoms with Gasteiger partial charge in [-0.3, -0.25) is 4.79 Å². The smallest absolute Gasteiger partial charge is 0.266 e. The summed E-state index contributed by atoms with van der Waals surface area (Å²) in [6, 6.07) is 19.3. The van der Waals surface area contributed by atoms with Crippen LogP contribution < -0.4 is 14.8 Å². The van der Waals surface area contributed by atoms with E-state index in [0.29, 0.717) is 40.4 Å². The molecule has 3 rings (SSSR count). The number of nitrogens with one attached hydrogen (secondary N) is 1. The number of benzene rings is 3. The predicted octanol–water partition coefficient (Wildman–Crippen LogP) is 7.19. The molecule has 1 amide bonds. The van der Waals surface area contributed by atoms with Gasteiger partial charge < -0.3 is 14.8 Å². The third-order valence-electron chi connectivity index (χ3n) is 5.19. The lowest BCUT2D eigenvalue weighted by atomic mass is 10.1. The van der Waals surface area contributed by atoms with Gasteiger partial charge in [-0.25, -0.2) is 0 Å². The molecule has 174 valence electrons. The monoisotopic (exact) mass is 630 g/mol. The van der Waals surface area contributed by atoms with Crippen molar-refractivity contribution < 1.29 is 14.3 Å². The topological polar surface area (TPSA) is 71.3 Å². The minimum absolute atomic E-state index is 0.0170. The van der Waals surface area contributed by atoms with Gasteiger partial charge in [0.1, 0.15) is 18.2 Å². The van der Waals surface area contributed by atoms with E-state index in [4.69, 9.17) is 9.47 Å². The molecule has 0 fully saturated rings. The zero-order valence-electron chi connectivity index (χ0n) is 19.1. The van der Waals surface area contributed by atoms with Crippen LogP contribution in [0, 0.1) is 28.7 Å². The molecule has 0 unspecified atom stereocenters. The van der Waals surface area contributed by atoms with Gasteiger partial charge in [0.2, 0.25) is 0 Å². The lowest BCUT2D eigenvalue weighted by Crippen LogP contribution is -2.14. The molecule has 3 aromatic carbocycles. The first kappa shape index (κ1) is 25.8. The second kappa shape index (κ2) is 12.0. The van der Waals surface area contributed by atoms with Gasteiger partial charge in [0, 0.05) is 13.7 Å². The van der Waals surface area contributed by atoms with Crippen molar-refractivity contribution in [2.75, 3.05) is 11.9 Å². The lowest BCUT2D eigenvalue weighted by Gasteiger charge is -2.14. The number of carbonyl (C=O) groups excluding carboxylic acids is 1. The zero-order valence-corrected chi connectivity index (χ0v) is 22.9. The van der Waals surface area contributed by atoms with Crippen molar-refractivity contribution in [1.82, 2.24) is 0 Å². The summed E-state index contributed by atoms with van der Waals surface area (Å²) < 4.78 is 13.6. The molecule has 0 saturated carbocycles. The Morgan fingerprint density at radius 1 is 1.12 bits per heavy atom. The molecule has 0 aromatic heterocycles. The summed E-state index contributed by atoms with van der Waals surface area (Å²) in [6.07, 6.45) is 1.54. The van der Waals surface area contributed by atoms with Crippen molar-refractivity contribution in [3.8, 4) is 17.6 Å². The van der Waals surface area contributed by atoms with Gasteiger partial charge in [0.15, 0.2) is 11.5 Å². The van der Waals surface area contributed by atoms with Gasteiger partial charge in [0.05, 0.1) is 6.61 Å². The van der Waals surface area contributed by atoms with Crippen LogP contribution in [0.3, 0.4) is 0 Å². The maximum atomic E-state index is 12.8. The van der Waals surface area contributed by atoms with Crippen LogP contribution in [0.25, 0.3) is 6.08 Å². The first-order chi connectivity index (χ1) is 16.3. The molecule has 0 atom stereocenters. The Bertz CT molecular complexity index is 1260. The number of anilines is 1. The van der Waals surface area contributed by atoms with E-state index in [1.54, 1.807) is 12.1 Å². The number of nitrogens with zero attached hydrogens (tertiary/aromatic N) is 1. The summed E-state index contributed by atoms with van der Waals surface area (Å²) in [4.78, 5) is 12.8. The Kier molecular flexibility index (Phi) is 9.13. The Labute approximate surface area is 222 Å². The maximum Gasteiger partial charge on any atom is 0.266 e. The quantitative estimate of drug-likeness (QED) is 0.162. The minimum Gasteiger partial charge on any atom is -0.490 e. The van der Waals surface area contributed by atoms with Crippen LogP contribution in [0.1, 0.15) is 29.2 Å². The minimum atomic E-state index is -0.472. The van der Waals surface area contributed by atoms with Crippen molar-refractivity contribution in [1.29, 1.82) is 5.26 Å². The lowest BCUT2D eigenvalue weighted by molar-refractivity contribution is -0.112. The van der Waals surface area contributed by atoms with E-state index in [0.717, 1.165) is 20.3 Å². The number of hydrogen-bond donors (Lipinski definition) is 1. The van der Waals surface area contributed by atoms with Gasteiger partial charge in [-0.1, -0.05) is 40.2 Å². The molecular formula is C27H24BrIN2O3. The van der Waals surface area contributed by atoms with Crippen LogP contribution >= 0.6 is 38.5 Å². The van der Waals surface area contributed by atoms with Gasteiger partial charge in [-0.05, 0) is 102 Å². The molecule has 0 aliphatic rings. The third-order valence-corrected chi connectivity index (χ3v) is 6.59. The van der Waals surface area contributed by atoms with Crippen LogP contribution in [-0.2, 0) is 11.4 Å². The summed E-state index contributed by atoms with van der Waals surface area (Å²) in [7, 11) is 0. The molecule has 0 aliphatic carbocycles. The Balaban J connectivity index is 1.86. The molecule has 34 heavy (non-hydrogen) atoms. The highest BCUT2D eigenvalue weighted by Gasteiger charge is 2.15. The van der Waals surface area contributed by atoms with E-state index < -0.39 is 5.91 Å². The van der Waals surface area contributed by atoms with Crippen molar-refractivity contribution in [2.45, 2.75) is 27.4 Å². The van der Waals surface area contributed by atoms with E-state index >= 15 is 0 Å². The highest BCUT2D eigenvalue weighted by atomic mass is 127. The first-order valence-corrected chi connectivity index (χ1v) is 12.5. The largest absolute Gasteiger partial charge is 0.490 e. The molecule has 0 aliphatic heterocycles. The van der Waals surface area contributed by atoms with Gasteiger partial charge >= 0.3 is 0 Å². The predicted molar refractivity (Wildman–Crippen MR) is 147 cm³/mol. The number of nitriles is 1. The number of hydrogen-bond acceptors (Lipinski definition) is 4. The Hall–Kier alpha value is -2.83. The molecule has 0 heterocycles. The van der Waals surface area contributed by atoms with Crippen LogP contribution in [0.4, 0.5) is 5.69 Å². The fourth-order valence-electron chi connectivity index (χ4n) is 3.16. The van der Waals surface area contributed by atoms with E-state index in [9.17, 15) is 10.1 Å². The fraction of sp³-hybridized carbons (Fsp3) is 0.185. The van der Waals surface area contributed by atoms with Crippen molar-refractivity contribution >= 4 is 56.2 Å². The summed E-state index contributed by atoms with van der Waals surface area (Å²) in [5.41, 5.74) is 4.36. The number of aryl methyl sites for hydroxylation is 1. The molecule has 0 saturated heterocycles. The SMILES string of the molecule is CCOc1cc(/C=C(\C#N)C(=O)Nc2cccc(C)c2C)c(Br)cc1OCc1ccc(I)cc1. The highest BCUT2D eigenvalue weighted by Crippen LogP contribution is 2.35. The summed E-state index contributed by atoms with van der Waals surface area (Å²) in [5, 5.41) is 12.5. The van der Waals surface area contributed by atoms with E-state index in [-0.39, 0.29) is 5.57 Å². The van der Waals surface area contributed by atoms with Crippen molar-refractivity contribution in [3.05, 3.63) is 90.5 Å². The summed E-state index contributed by atoms with van der Waals surface area (Å²) in [5.74, 6) is 0.637. The second-order valence-corrected chi connectivity index (χ2v) is 9.64. The Morgan fingerprint density at radius 3 is 2.50 bits per heavy atom. The Morgan fingerprint density at radius 2 is 1.82 bits per heavy atom. The average Bonchev–Trinajstić information content (AvgIpc) is 2.82. The number of carbonyl (C=O) groups is 1. The molecule has 0 spiro atoms. The van der Waals surface area contributed by atoms with Gasteiger partial charge in [-0.2, -0.15) is 5.26 Å². The molecule has 7 heteroatoms. The zero-order chi connectivity index (χ0) is 24.7. The van der Waals surface area contributed by atoms with Crippen LogP contribution in [0.5, 0.6) is 11.5 Å². The molecule has 0 bridgehead atoms. The number of ether oxygens (including phenoxy) is 2.